The molecule has 0 radical (unpaired) electrons. The lowest BCUT2D eigenvalue weighted by Gasteiger charge is -2.03. The maximum absolute atomic E-state index is 12.3. The summed E-state index contributed by atoms with van der Waals surface area (Å²) in [5.74, 6) is -0.121. The second-order valence-corrected chi connectivity index (χ2v) is 4.99. The Morgan fingerprint density at radius 2 is 1.95 bits per heavy atom. The highest BCUT2D eigenvalue weighted by molar-refractivity contribution is 6.30. The van der Waals surface area contributed by atoms with Gasteiger partial charge in [-0.2, -0.15) is 0 Å². The summed E-state index contributed by atoms with van der Waals surface area (Å²) in [5.41, 5.74) is 2.81. The fourth-order valence-corrected chi connectivity index (χ4v) is 2.14. The van der Waals surface area contributed by atoms with Crippen molar-refractivity contribution in [1.29, 1.82) is 0 Å². The van der Waals surface area contributed by atoms with E-state index in [9.17, 15) is 4.79 Å². The van der Waals surface area contributed by atoms with E-state index in [4.69, 9.17) is 11.6 Å². The molecule has 2 aromatic heterocycles. The van der Waals surface area contributed by atoms with Gasteiger partial charge in [-0.3, -0.25) is 14.8 Å². The number of benzene rings is 1. The van der Waals surface area contributed by atoms with E-state index in [0.717, 1.165) is 16.6 Å². The van der Waals surface area contributed by atoms with Gasteiger partial charge < -0.3 is 0 Å². The molecule has 4 heteroatoms. The first-order chi connectivity index (χ1) is 9.63. The van der Waals surface area contributed by atoms with Crippen LogP contribution in [0.5, 0.6) is 0 Å². The molecule has 98 valence electrons. The fourth-order valence-electron chi connectivity index (χ4n) is 2.03. The second kappa shape index (κ2) is 5.02. The Morgan fingerprint density at radius 3 is 2.70 bits per heavy atom. The van der Waals surface area contributed by atoms with Gasteiger partial charge in [-0.05, 0) is 43.3 Å². The van der Waals surface area contributed by atoms with Crippen LogP contribution >= 0.6 is 11.6 Å². The van der Waals surface area contributed by atoms with Crippen molar-refractivity contribution in [1.82, 2.24) is 9.97 Å². The zero-order chi connectivity index (χ0) is 14.1. The van der Waals surface area contributed by atoms with Crippen molar-refractivity contribution in [2.75, 3.05) is 0 Å². The molecule has 0 unspecified atom stereocenters. The van der Waals surface area contributed by atoms with Crippen LogP contribution in [0.4, 0.5) is 0 Å². The smallest absolute Gasteiger partial charge is 0.211 e. The number of ketones is 1. The molecule has 0 amide bonds. The molecule has 3 nitrogen and oxygen atoms in total. The number of fused-ring (bicyclic) bond motifs is 1. The van der Waals surface area contributed by atoms with E-state index in [1.807, 2.05) is 31.2 Å². The third-order valence-corrected chi connectivity index (χ3v) is 3.27. The predicted octanol–water partition coefficient (Wildman–Crippen LogP) is 3.82. The number of hydrogen-bond acceptors (Lipinski definition) is 3. The third-order valence-electron chi connectivity index (χ3n) is 3.05. The Bertz CT molecular complexity index is 797. The molecule has 0 N–H and O–H groups in total. The van der Waals surface area contributed by atoms with Crippen LogP contribution < -0.4 is 0 Å². The molecule has 3 aromatic rings. The van der Waals surface area contributed by atoms with E-state index in [-0.39, 0.29) is 5.78 Å². The number of pyridine rings is 2. The van der Waals surface area contributed by atoms with Crippen molar-refractivity contribution in [3.8, 4) is 0 Å². The number of aromatic nitrogens is 2. The molecular weight excluding hydrogens is 272 g/mol. The molecule has 0 atom stereocenters. The monoisotopic (exact) mass is 282 g/mol. The number of halogens is 1. The Kier molecular flexibility index (Phi) is 3.20. The number of hydrogen-bond donors (Lipinski definition) is 0. The highest BCUT2D eigenvalue weighted by atomic mass is 35.5. The average Bonchev–Trinajstić information content (AvgIpc) is 2.47. The quantitative estimate of drug-likeness (QED) is 0.671. The van der Waals surface area contributed by atoms with E-state index < -0.39 is 0 Å². The minimum atomic E-state index is -0.121. The summed E-state index contributed by atoms with van der Waals surface area (Å²) in [6.45, 7) is 1.94. The number of rotatable bonds is 2. The minimum Gasteiger partial charge on any atom is -0.287 e. The standard InChI is InChI=1S/C16H11ClN2O/c1-10-2-3-11-8-12(4-6-14(11)19-10)16(20)15-7-5-13(17)9-18-15/h2-9H,1H3. The van der Waals surface area contributed by atoms with Gasteiger partial charge >= 0.3 is 0 Å². The van der Waals surface area contributed by atoms with E-state index >= 15 is 0 Å². The van der Waals surface area contributed by atoms with Crippen LogP contribution in [0.15, 0.2) is 48.7 Å². The topological polar surface area (TPSA) is 42.9 Å². The molecule has 0 aliphatic heterocycles. The molecule has 20 heavy (non-hydrogen) atoms. The summed E-state index contributed by atoms with van der Waals surface area (Å²) >= 11 is 5.77. The molecule has 0 bridgehead atoms. The highest BCUT2D eigenvalue weighted by Gasteiger charge is 2.11. The SMILES string of the molecule is Cc1ccc2cc(C(=O)c3ccc(Cl)cn3)ccc2n1. The van der Waals surface area contributed by atoms with Gasteiger partial charge in [0.1, 0.15) is 5.69 Å². The normalized spacial score (nSPS) is 10.7. The predicted molar refractivity (Wildman–Crippen MR) is 79.2 cm³/mol. The maximum atomic E-state index is 12.3. The van der Waals surface area contributed by atoms with Gasteiger partial charge in [0.2, 0.25) is 5.78 Å². The molecule has 0 spiro atoms. The van der Waals surface area contributed by atoms with Crippen LogP contribution in [0, 0.1) is 6.92 Å². The van der Waals surface area contributed by atoms with Crippen molar-refractivity contribution in [2.45, 2.75) is 6.92 Å². The lowest BCUT2D eigenvalue weighted by atomic mass is 10.0. The first-order valence-electron chi connectivity index (χ1n) is 6.17. The summed E-state index contributed by atoms with van der Waals surface area (Å²) < 4.78 is 0. The summed E-state index contributed by atoms with van der Waals surface area (Å²) in [5, 5.41) is 1.45. The van der Waals surface area contributed by atoms with Crippen LogP contribution in [-0.2, 0) is 0 Å². The molecule has 0 saturated heterocycles. The van der Waals surface area contributed by atoms with Gasteiger partial charge in [0.15, 0.2) is 0 Å². The molecule has 0 fully saturated rings. The molecular formula is C16H11ClN2O. The third kappa shape index (κ3) is 2.40. The lowest BCUT2D eigenvalue weighted by molar-refractivity contribution is 0.103. The Balaban J connectivity index is 2.03. The molecule has 0 aliphatic carbocycles. The highest BCUT2D eigenvalue weighted by Crippen LogP contribution is 2.17. The summed E-state index contributed by atoms with van der Waals surface area (Å²) in [7, 11) is 0. The fraction of sp³-hybridized carbons (Fsp3) is 0.0625. The zero-order valence-corrected chi connectivity index (χ0v) is 11.6. The van der Waals surface area contributed by atoms with Crippen LogP contribution in [0.25, 0.3) is 10.9 Å². The van der Waals surface area contributed by atoms with Gasteiger partial charge in [0, 0.05) is 22.8 Å². The van der Waals surface area contributed by atoms with Gasteiger partial charge in [0.05, 0.1) is 10.5 Å². The average molecular weight is 283 g/mol. The summed E-state index contributed by atoms with van der Waals surface area (Å²) in [6, 6.07) is 12.6. The lowest BCUT2D eigenvalue weighted by Crippen LogP contribution is -2.03. The molecule has 2 heterocycles. The van der Waals surface area contributed by atoms with Crippen LogP contribution in [0.2, 0.25) is 5.02 Å². The second-order valence-electron chi connectivity index (χ2n) is 4.55. The van der Waals surface area contributed by atoms with Crippen molar-refractivity contribution < 1.29 is 4.79 Å². The Labute approximate surface area is 121 Å². The number of carbonyl (C=O) groups excluding carboxylic acids is 1. The summed E-state index contributed by atoms with van der Waals surface area (Å²) in [4.78, 5) is 20.8. The van der Waals surface area contributed by atoms with E-state index in [1.54, 1.807) is 18.2 Å². The van der Waals surface area contributed by atoms with Gasteiger partial charge in [-0.1, -0.05) is 17.7 Å². The molecule has 0 saturated carbocycles. The molecule has 0 aliphatic rings. The molecule has 3 rings (SSSR count). The van der Waals surface area contributed by atoms with Crippen molar-refractivity contribution in [3.63, 3.8) is 0 Å². The first kappa shape index (κ1) is 12.8. The van der Waals surface area contributed by atoms with Crippen molar-refractivity contribution in [3.05, 3.63) is 70.6 Å². The maximum Gasteiger partial charge on any atom is 0.211 e. The van der Waals surface area contributed by atoms with Crippen LogP contribution in [-0.4, -0.2) is 15.8 Å². The summed E-state index contributed by atoms with van der Waals surface area (Å²) in [6.07, 6.45) is 1.47. The van der Waals surface area contributed by atoms with Crippen LogP contribution in [0.1, 0.15) is 21.7 Å². The largest absolute Gasteiger partial charge is 0.287 e. The van der Waals surface area contributed by atoms with E-state index in [1.165, 1.54) is 6.20 Å². The van der Waals surface area contributed by atoms with E-state index in [2.05, 4.69) is 9.97 Å². The Hall–Kier alpha value is -2.26. The number of aryl methyl sites for hydroxylation is 1. The number of carbonyl (C=O) groups is 1. The Morgan fingerprint density at radius 1 is 1.10 bits per heavy atom. The van der Waals surface area contributed by atoms with Gasteiger partial charge in [-0.25, -0.2) is 0 Å². The van der Waals surface area contributed by atoms with E-state index in [0.29, 0.717) is 16.3 Å². The molecule has 1 aromatic carbocycles. The zero-order valence-electron chi connectivity index (χ0n) is 10.8. The van der Waals surface area contributed by atoms with Gasteiger partial charge in [-0.15, -0.1) is 0 Å². The van der Waals surface area contributed by atoms with Crippen molar-refractivity contribution >= 4 is 28.3 Å². The minimum absolute atomic E-state index is 0.121. The number of nitrogens with zero attached hydrogens (tertiary/aromatic N) is 2. The van der Waals surface area contributed by atoms with Gasteiger partial charge in [0.25, 0.3) is 0 Å². The first-order valence-corrected chi connectivity index (χ1v) is 6.55. The van der Waals surface area contributed by atoms with Crippen molar-refractivity contribution in [2.24, 2.45) is 0 Å². The van der Waals surface area contributed by atoms with Crippen LogP contribution in [0.3, 0.4) is 0 Å².